The summed E-state index contributed by atoms with van der Waals surface area (Å²) >= 11 is 0. The molecule has 1 unspecified atom stereocenters. The lowest BCUT2D eigenvalue weighted by Crippen LogP contribution is -2.45. The van der Waals surface area contributed by atoms with E-state index in [2.05, 4.69) is 10.6 Å². The van der Waals surface area contributed by atoms with Crippen LogP contribution >= 0.6 is 12.4 Å². The highest BCUT2D eigenvalue weighted by atomic mass is 35.5. The molecule has 1 fully saturated rings. The summed E-state index contributed by atoms with van der Waals surface area (Å²) in [7, 11) is 1.54. The number of ether oxygens (including phenoxy) is 2. The molecule has 0 aromatic heterocycles. The molecule has 0 bridgehead atoms. The first-order valence-corrected chi connectivity index (χ1v) is 8.42. The largest absolute Gasteiger partial charge is 0.493 e. The van der Waals surface area contributed by atoms with Crippen LogP contribution < -0.4 is 20.1 Å². The van der Waals surface area contributed by atoms with Crippen LogP contribution in [0.2, 0.25) is 0 Å². The Labute approximate surface area is 155 Å². The molecule has 140 valence electrons. The van der Waals surface area contributed by atoms with Crippen LogP contribution in [-0.2, 0) is 4.79 Å². The number of benzene rings is 1. The normalized spacial score (nSPS) is 16.5. The lowest BCUT2D eigenvalue weighted by atomic mass is 10.1. The third-order valence-electron chi connectivity index (χ3n) is 4.04. The van der Waals surface area contributed by atoms with E-state index in [0.717, 1.165) is 25.9 Å². The van der Waals surface area contributed by atoms with Gasteiger partial charge in [-0.3, -0.25) is 9.59 Å². The Morgan fingerprint density at radius 1 is 1.32 bits per heavy atom. The van der Waals surface area contributed by atoms with Crippen LogP contribution in [0.25, 0.3) is 0 Å². The number of rotatable bonds is 8. The molecule has 1 aliphatic heterocycles. The average molecular weight is 371 g/mol. The molecular weight excluding hydrogens is 344 g/mol. The van der Waals surface area contributed by atoms with Gasteiger partial charge in [-0.1, -0.05) is 0 Å². The third kappa shape index (κ3) is 6.92. The molecule has 6 nitrogen and oxygen atoms in total. The van der Waals surface area contributed by atoms with Crippen molar-refractivity contribution in [2.24, 2.45) is 0 Å². The number of Topliss-reactive ketones (excluding diaryl/α,β-unsaturated/α-hetero) is 1. The highest BCUT2D eigenvalue weighted by molar-refractivity contribution is 5.94. The number of methoxy groups -OCH3 is 1. The second-order valence-corrected chi connectivity index (χ2v) is 5.98. The zero-order valence-corrected chi connectivity index (χ0v) is 15.6. The van der Waals surface area contributed by atoms with E-state index in [4.69, 9.17) is 9.47 Å². The zero-order chi connectivity index (χ0) is 17.4. The Bertz CT molecular complexity index is 574. The molecular formula is C18H27ClN2O4. The first kappa shape index (κ1) is 21.3. The predicted octanol–water partition coefficient (Wildman–Crippen LogP) is 2.35. The Morgan fingerprint density at radius 2 is 2.12 bits per heavy atom. The van der Waals surface area contributed by atoms with Gasteiger partial charge in [0, 0.05) is 24.6 Å². The van der Waals surface area contributed by atoms with Crippen LogP contribution in [0.15, 0.2) is 18.2 Å². The smallest absolute Gasteiger partial charge is 0.220 e. The molecule has 1 aromatic carbocycles. The first-order chi connectivity index (χ1) is 11.6. The van der Waals surface area contributed by atoms with E-state index in [0.29, 0.717) is 36.5 Å². The van der Waals surface area contributed by atoms with Crippen molar-refractivity contribution in [2.45, 2.75) is 38.6 Å². The number of amides is 1. The summed E-state index contributed by atoms with van der Waals surface area (Å²) < 4.78 is 10.9. The van der Waals surface area contributed by atoms with E-state index < -0.39 is 0 Å². The van der Waals surface area contributed by atoms with Crippen LogP contribution in [0.3, 0.4) is 0 Å². The number of hydrogen-bond acceptors (Lipinski definition) is 5. The van der Waals surface area contributed by atoms with E-state index in [1.165, 1.54) is 14.0 Å². The van der Waals surface area contributed by atoms with Gasteiger partial charge >= 0.3 is 0 Å². The Kier molecular flexibility index (Phi) is 9.31. The van der Waals surface area contributed by atoms with Crippen molar-refractivity contribution < 1.29 is 19.1 Å². The monoisotopic (exact) mass is 370 g/mol. The van der Waals surface area contributed by atoms with Crippen LogP contribution in [0.1, 0.15) is 43.0 Å². The highest BCUT2D eigenvalue weighted by Gasteiger charge is 2.15. The minimum Gasteiger partial charge on any atom is -0.493 e. The average Bonchev–Trinajstić information content (AvgIpc) is 2.59. The van der Waals surface area contributed by atoms with Crippen molar-refractivity contribution >= 4 is 24.1 Å². The Morgan fingerprint density at radius 3 is 2.76 bits per heavy atom. The maximum absolute atomic E-state index is 11.9. The molecule has 0 spiro atoms. The second-order valence-electron chi connectivity index (χ2n) is 5.98. The van der Waals surface area contributed by atoms with Crippen molar-refractivity contribution in [3.63, 3.8) is 0 Å². The van der Waals surface area contributed by atoms with Gasteiger partial charge in [0.25, 0.3) is 0 Å². The summed E-state index contributed by atoms with van der Waals surface area (Å²) in [5.41, 5.74) is 0.583. The van der Waals surface area contributed by atoms with Crippen LogP contribution in [0, 0.1) is 0 Å². The van der Waals surface area contributed by atoms with Crippen LogP contribution in [0.4, 0.5) is 0 Å². The molecule has 7 heteroatoms. The van der Waals surface area contributed by atoms with Crippen molar-refractivity contribution in [3.8, 4) is 11.5 Å². The topological polar surface area (TPSA) is 76.7 Å². The number of piperidine rings is 1. The molecule has 25 heavy (non-hydrogen) atoms. The van der Waals surface area contributed by atoms with E-state index in [1.807, 2.05) is 0 Å². The summed E-state index contributed by atoms with van der Waals surface area (Å²) in [5.74, 6) is 1.15. The van der Waals surface area contributed by atoms with E-state index in [1.54, 1.807) is 18.2 Å². The standard InChI is InChI=1S/C18H26N2O4.ClH/c1-13(21)14-7-8-16(17(11-14)23-2)24-10-4-6-18(22)20-15-5-3-9-19-12-15;/h7-8,11,15,19H,3-6,9-10,12H2,1-2H3,(H,20,22);1H. The molecule has 2 rings (SSSR count). The quantitative estimate of drug-likeness (QED) is 0.542. The molecule has 1 atom stereocenters. The third-order valence-corrected chi connectivity index (χ3v) is 4.04. The van der Waals surface area contributed by atoms with Crippen molar-refractivity contribution in [2.75, 3.05) is 26.8 Å². The highest BCUT2D eigenvalue weighted by Crippen LogP contribution is 2.28. The van der Waals surface area contributed by atoms with Gasteiger partial charge in [0.2, 0.25) is 5.91 Å². The van der Waals surface area contributed by atoms with Gasteiger partial charge in [-0.05, 0) is 50.9 Å². The van der Waals surface area contributed by atoms with Gasteiger partial charge in [-0.25, -0.2) is 0 Å². The molecule has 1 amide bonds. The molecule has 0 saturated carbocycles. The summed E-state index contributed by atoms with van der Waals surface area (Å²) in [4.78, 5) is 23.3. The predicted molar refractivity (Wildman–Crippen MR) is 99.0 cm³/mol. The summed E-state index contributed by atoms with van der Waals surface area (Å²) in [6, 6.07) is 5.35. The SMILES string of the molecule is COc1cc(C(C)=O)ccc1OCCCC(=O)NC1CCCNC1.Cl. The van der Waals surface area contributed by atoms with Gasteiger partial charge in [0.1, 0.15) is 0 Å². The van der Waals surface area contributed by atoms with Crippen LogP contribution in [-0.4, -0.2) is 44.5 Å². The number of carbonyl (C=O) groups is 2. The number of nitrogens with one attached hydrogen (secondary N) is 2. The van der Waals surface area contributed by atoms with Gasteiger partial charge < -0.3 is 20.1 Å². The summed E-state index contributed by atoms with van der Waals surface area (Å²) in [5, 5.41) is 6.32. The molecule has 0 radical (unpaired) electrons. The van der Waals surface area contributed by atoms with Crippen molar-refractivity contribution in [1.29, 1.82) is 0 Å². The Hall–Kier alpha value is -1.79. The molecule has 1 aromatic rings. The number of ketones is 1. The fourth-order valence-corrected chi connectivity index (χ4v) is 2.70. The van der Waals surface area contributed by atoms with Crippen LogP contribution in [0.5, 0.6) is 11.5 Å². The van der Waals surface area contributed by atoms with Gasteiger partial charge in [0.05, 0.1) is 13.7 Å². The summed E-state index contributed by atoms with van der Waals surface area (Å²) in [6.07, 6.45) is 3.20. The summed E-state index contributed by atoms with van der Waals surface area (Å²) in [6.45, 7) is 3.81. The molecule has 1 heterocycles. The lowest BCUT2D eigenvalue weighted by molar-refractivity contribution is -0.122. The Balaban J connectivity index is 0.00000312. The molecule has 2 N–H and O–H groups in total. The fraction of sp³-hybridized carbons (Fsp3) is 0.556. The van der Waals surface area contributed by atoms with Gasteiger partial charge in [-0.2, -0.15) is 0 Å². The first-order valence-electron chi connectivity index (χ1n) is 8.42. The minimum atomic E-state index is -0.0197. The molecule has 0 aliphatic carbocycles. The van der Waals surface area contributed by atoms with Gasteiger partial charge in [-0.15, -0.1) is 12.4 Å². The van der Waals surface area contributed by atoms with Crippen molar-refractivity contribution in [1.82, 2.24) is 10.6 Å². The number of hydrogen-bond donors (Lipinski definition) is 2. The lowest BCUT2D eigenvalue weighted by Gasteiger charge is -2.23. The maximum Gasteiger partial charge on any atom is 0.220 e. The number of halogens is 1. The van der Waals surface area contributed by atoms with Gasteiger partial charge in [0.15, 0.2) is 17.3 Å². The van der Waals surface area contributed by atoms with Crippen molar-refractivity contribution in [3.05, 3.63) is 23.8 Å². The second kappa shape index (κ2) is 10.9. The van der Waals surface area contributed by atoms with E-state index >= 15 is 0 Å². The zero-order valence-electron chi connectivity index (χ0n) is 14.8. The number of carbonyl (C=O) groups excluding carboxylic acids is 2. The minimum absolute atomic E-state index is 0. The fourth-order valence-electron chi connectivity index (χ4n) is 2.70. The molecule has 1 aliphatic rings. The van der Waals surface area contributed by atoms with E-state index in [-0.39, 0.29) is 30.1 Å². The maximum atomic E-state index is 11.9. The molecule has 1 saturated heterocycles. The van der Waals surface area contributed by atoms with E-state index in [9.17, 15) is 9.59 Å².